The average Bonchev–Trinajstić information content (AvgIpc) is 2.34. The zero-order valence-corrected chi connectivity index (χ0v) is 11.5. The predicted molar refractivity (Wildman–Crippen MR) is 76.2 cm³/mol. The Bertz CT molecular complexity index is 459. The Labute approximate surface area is 109 Å². The molecule has 1 aromatic rings. The molecule has 0 fully saturated rings. The Morgan fingerprint density at radius 1 is 1.17 bits per heavy atom. The van der Waals surface area contributed by atoms with E-state index < -0.39 is 0 Å². The first kappa shape index (κ1) is 14.2. The Morgan fingerprint density at radius 2 is 1.83 bits per heavy atom. The van der Waals surface area contributed by atoms with E-state index in [4.69, 9.17) is 0 Å². The van der Waals surface area contributed by atoms with E-state index in [1.165, 1.54) is 4.90 Å². The lowest BCUT2D eigenvalue weighted by Gasteiger charge is -2.15. The molecule has 0 amide bonds. The van der Waals surface area contributed by atoms with Crippen molar-refractivity contribution in [1.82, 2.24) is 0 Å². The van der Waals surface area contributed by atoms with Crippen LogP contribution >= 0.6 is 0 Å². The number of rotatable bonds is 5. The van der Waals surface area contributed by atoms with E-state index in [2.05, 4.69) is 0 Å². The van der Waals surface area contributed by atoms with Crippen LogP contribution in [0, 0.1) is 0 Å². The second-order valence-electron chi connectivity index (χ2n) is 4.57. The fourth-order valence-electron chi connectivity index (χ4n) is 1.55. The minimum Gasteiger partial charge on any atom is -0.377 e. The molecule has 1 aromatic carbocycles. The number of quaternary nitrogens is 1. The monoisotopic (exact) mass is 245 g/mol. The molecule has 96 valence electrons. The van der Waals surface area contributed by atoms with E-state index in [0.29, 0.717) is 0 Å². The van der Waals surface area contributed by atoms with Gasteiger partial charge in [0.15, 0.2) is 5.78 Å². The van der Waals surface area contributed by atoms with Gasteiger partial charge in [-0.2, -0.15) is 0 Å². The van der Waals surface area contributed by atoms with Crippen LogP contribution in [0.2, 0.25) is 0 Å². The molecule has 0 bridgehead atoms. The molecule has 0 heterocycles. The normalized spacial score (nSPS) is 11.6. The highest BCUT2D eigenvalue weighted by Gasteiger charge is 2.08. The number of anilines is 1. The predicted octanol–water partition coefficient (Wildman–Crippen LogP) is 1.15. The smallest absolute Gasteiger partial charge is 0.187 e. The van der Waals surface area contributed by atoms with Crippen LogP contribution in [-0.2, 0) is 0 Å². The average molecular weight is 245 g/mol. The number of carbonyl (C=O) groups is 1. The molecule has 3 heteroatoms. The number of nitrogens with one attached hydrogen (secondary N) is 1. The van der Waals surface area contributed by atoms with Crippen LogP contribution in [0.4, 0.5) is 5.69 Å². The lowest BCUT2D eigenvalue weighted by Crippen LogP contribution is -3.00. The maximum absolute atomic E-state index is 12.1. The summed E-state index contributed by atoms with van der Waals surface area (Å²) in [6.45, 7) is 0. The quantitative estimate of drug-likeness (QED) is 0.478. The van der Waals surface area contributed by atoms with Crippen LogP contribution in [0.15, 0.2) is 48.7 Å². The SMILES string of the molecule is CN(C)c1ccccc1C(=O)/C=C/C=C/[NH+](C)C. The summed E-state index contributed by atoms with van der Waals surface area (Å²) in [7, 11) is 7.91. The van der Waals surface area contributed by atoms with Gasteiger partial charge in [-0.25, -0.2) is 0 Å². The lowest BCUT2D eigenvalue weighted by molar-refractivity contribution is -0.801. The molecule has 3 nitrogen and oxygen atoms in total. The van der Waals surface area contributed by atoms with Crippen LogP contribution in [0.3, 0.4) is 0 Å². The summed E-state index contributed by atoms with van der Waals surface area (Å²) in [4.78, 5) is 15.2. The van der Waals surface area contributed by atoms with Crippen molar-refractivity contribution in [3.8, 4) is 0 Å². The molecular formula is C15H21N2O+. The van der Waals surface area contributed by atoms with Crippen molar-refractivity contribution in [2.24, 2.45) is 0 Å². The Hall–Kier alpha value is -1.87. The van der Waals surface area contributed by atoms with Crippen LogP contribution < -0.4 is 9.80 Å². The molecule has 0 saturated heterocycles. The van der Waals surface area contributed by atoms with Crippen molar-refractivity contribution in [3.05, 3.63) is 54.3 Å². The third-order valence-electron chi connectivity index (χ3n) is 2.44. The standard InChI is InChI=1S/C15H20N2O/c1-16(2)12-8-7-11-15(18)13-9-5-6-10-14(13)17(3)4/h5-12H,1-4H3/p+1/b11-7+,12-8+. The van der Waals surface area contributed by atoms with Gasteiger partial charge in [0.05, 0.1) is 20.3 Å². The first-order chi connectivity index (χ1) is 8.52. The summed E-state index contributed by atoms with van der Waals surface area (Å²) in [5, 5.41) is 0. The molecule has 0 radical (unpaired) electrons. The van der Waals surface area contributed by atoms with Crippen LogP contribution in [0.25, 0.3) is 0 Å². The fourth-order valence-corrected chi connectivity index (χ4v) is 1.55. The Balaban J connectivity index is 2.85. The van der Waals surface area contributed by atoms with Gasteiger partial charge in [0.2, 0.25) is 0 Å². The van der Waals surface area contributed by atoms with Crippen LogP contribution in [0.1, 0.15) is 10.4 Å². The molecule has 0 aliphatic heterocycles. The van der Waals surface area contributed by atoms with Crippen molar-refractivity contribution in [3.63, 3.8) is 0 Å². The zero-order valence-electron chi connectivity index (χ0n) is 11.5. The second kappa shape index (κ2) is 6.77. The molecule has 0 spiro atoms. The third kappa shape index (κ3) is 4.18. The first-order valence-electron chi connectivity index (χ1n) is 5.98. The van der Waals surface area contributed by atoms with Crippen molar-refractivity contribution < 1.29 is 9.69 Å². The maximum Gasteiger partial charge on any atom is 0.187 e. The van der Waals surface area contributed by atoms with Gasteiger partial charge in [-0.3, -0.25) is 4.79 Å². The van der Waals surface area contributed by atoms with Gasteiger partial charge < -0.3 is 9.80 Å². The van der Waals surface area contributed by atoms with E-state index >= 15 is 0 Å². The zero-order chi connectivity index (χ0) is 13.5. The first-order valence-corrected chi connectivity index (χ1v) is 5.98. The van der Waals surface area contributed by atoms with E-state index in [9.17, 15) is 4.79 Å². The maximum atomic E-state index is 12.1. The summed E-state index contributed by atoms with van der Waals surface area (Å²) in [5.41, 5.74) is 1.67. The third-order valence-corrected chi connectivity index (χ3v) is 2.44. The molecule has 0 aliphatic carbocycles. The number of ketones is 1. The highest BCUT2D eigenvalue weighted by molar-refractivity contribution is 6.08. The number of hydrogen-bond acceptors (Lipinski definition) is 2. The van der Waals surface area contributed by atoms with Gasteiger partial charge in [0.25, 0.3) is 0 Å². The summed E-state index contributed by atoms with van der Waals surface area (Å²) in [6.07, 6.45) is 7.23. The highest BCUT2D eigenvalue weighted by Crippen LogP contribution is 2.18. The highest BCUT2D eigenvalue weighted by atomic mass is 16.1. The van der Waals surface area contributed by atoms with Crippen molar-refractivity contribution in [1.29, 1.82) is 0 Å². The van der Waals surface area contributed by atoms with Gasteiger partial charge in [0, 0.05) is 25.3 Å². The number of allylic oxidation sites excluding steroid dienone is 3. The molecule has 1 rings (SSSR count). The summed E-state index contributed by atoms with van der Waals surface area (Å²) in [6, 6.07) is 7.61. The van der Waals surface area contributed by atoms with Gasteiger partial charge in [0.1, 0.15) is 0 Å². The van der Waals surface area contributed by atoms with E-state index in [1.54, 1.807) is 12.2 Å². The van der Waals surface area contributed by atoms with Crippen molar-refractivity contribution in [2.75, 3.05) is 33.1 Å². The second-order valence-corrected chi connectivity index (χ2v) is 4.57. The fraction of sp³-hybridized carbons (Fsp3) is 0.267. The topological polar surface area (TPSA) is 24.8 Å². The molecule has 0 atom stereocenters. The van der Waals surface area contributed by atoms with E-state index in [-0.39, 0.29) is 5.78 Å². The minimum absolute atomic E-state index is 0.0257. The molecule has 18 heavy (non-hydrogen) atoms. The number of nitrogens with zero attached hydrogens (tertiary/aromatic N) is 1. The van der Waals surface area contributed by atoms with E-state index in [1.807, 2.05) is 69.6 Å². The summed E-state index contributed by atoms with van der Waals surface area (Å²) < 4.78 is 0. The van der Waals surface area contributed by atoms with Gasteiger partial charge in [-0.1, -0.05) is 18.2 Å². The summed E-state index contributed by atoms with van der Waals surface area (Å²) in [5.74, 6) is 0.0257. The molecule has 0 saturated carbocycles. The molecule has 1 N–H and O–H groups in total. The van der Waals surface area contributed by atoms with Gasteiger partial charge >= 0.3 is 0 Å². The van der Waals surface area contributed by atoms with Crippen LogP contribution in [-0.4, -0.2) is 34.0 Å². The number of benzene rings is 1. The number of para-hydroxylation sites is 1. The van der Waals surface area contributed by atoms with E-state index in [0.717, 1.165) is 11.3 Å². The molecular weight excluding hydrogens is 224 g/mol. The summed E-state index contributed by atoms with van der Waals surface area (Å²) >= 11 is 0. The van der Waals surface area contributed by atoms with Crippen molar-refractivity contribution >= 4 is 11.5 Å². The molecule has 0 aromatic heterocycles. The number of carbonyl (C=O) groups excluding carboxylic acids is 1. The Morgan fingerprint density at radius 3 is 2.44 bits per heavy atom. The largest absolute Gasteiger partial charge is 0.377 e. The number of hydrogen-bond donors (Lipinski definition) is 1. The minimum atomic E-state index is 0.0257. The van der Waals surface area contributed by atoms with Crippen molar-refractivity contribution in [2.45, 2.75) is 0 Å². The van der Waals surface area contributed by atoms with Gasteiger partial charge in [-0.15, -0.1) is 0 Å². The lowest BCUT2D eigenvalue weighted by atomic mass is 10.1. The van der Waals surface area contributed by atoms with Crippen LogP contribution in [0.5, 0.6) is 0 Å². The van der Waals surface area contributed by atoms with Gasteiger partial charge in [-0.05, 0) is 24.3 Å². The molecule has 0 aliphatic rings. The molecule has 0 unspecified atom stereocenters. The Kier molecular flexibility index (Phi) is 5.33.